The normalized spacial score (nSPS) is 19.4. The molecule has 0 saturated carbocycles. The predicted molar refractivity (Wildman–Crippen MR) is 112 cm³/mol. The van der Waals surface area contributed by atoms with E-state index in [1.165, 1.54) is 17.3 Å². The van der Waals surface area contributed by atoms with Gasteiger partial charge in [0, 0.05) is 6.54 Å². The fourth-order valence-corrected chi connectivity index (χ4v) is 4.22. The van der Waals surface area contributed by atoms with Gasteiger partial charge in [-0.2, -0.15) is 0 Å². The number of para-hydroxylation sites is 1. The zero-order valence-corrected chi connectivity index (χ0v) is 16.2. The molecule has 1 amide bonds. The van der Waals surface area contributed by atoms with Gasteiger partial charge in [-0.25, -0.2) is 0 Å². The van der Waals surface area contributed by atoms with Gasteiger partial charge in [0.1, 0.15) is 5.75 Å². The van der Waals surface area contributed by atoms with Crippen LogP contribution >= 0.6 is 11.8 Å². The fourth-order valence-electron chi connectivity index (χ4n) is 3.21. The van der Waals surface area contributed by atoms with Crippen molar-refractivity contribution < 1.29 is 9.53 Å². The highest BCUT2D eigenvalue weighted by Gasteiger charge is 2.34. The number of fused-ring (bicyclic) bond motifs is 1. The van der Waals surface area contributed by atoms with Crippen molar-refractivity contribution in [3.63, 3.8) is 0 Å². The van der Waals surface area contributed by atoms with Gasteiger partial charge in [-0.1, -0.05) is 31.2 Å². The lowest BCUT2D eigenvalue weighted by atomic mass is 10.0. The predicted octanol–water partition coefficient (Wildman–Crippen LogP) is 4.90. The molecule has 2 aromatic carbocycles. The maximum Gasteiger partial charge on any atom is 0.271 e. The highest BCUT2D eigenvalue weighted by Crippen LogP contribution is 2.36. The Morgan fingerprint density at radius 2 is 2.07 bits per heavy atom. The molecule has 0 unspecified atom stereocenters. The van der Waals surface area contributed by atoms with Crippen LogP contribution in [0.4, 0.5) is 5.69 Å². The Morgan fingerprint density at radius 3 is 2.89 bits per heavy atom. The number of aryl methyl sites for hydroxylation is 1. The third-order valence-electron chi connectivity index (χ3n) is 4.52. The summed E-state index contributed by atoms with van der Waals surface area (Å²) in [4.78, 5) is 20.2. The Balaban J connectivity index is 1.67. The molecule has 2 aromatic rings. The molecule has 1 fully saturated rings. The van der Waals surface area contributed by atoms with E-state index >= 15 is 0 Å². The largest absolute Gasteiger partial charge is 0.493 e. The standard InChI is InChI=1S/C22H22N2O2S/c1-2-12-23-22-24(18-8-4-3-5-9-18)21(25)20(27-22)15-16-10-11-19-17(14-16)7-6-13-26-19/h3-5,8-11,14-15H,2,6-7,12-13H2,1H3/b20-15-,23-22-. The summed E-state index contributed by atoms with van der Waals surface area (Å²) in [5.74, 6) is 0.944. The molecule has 0 atom stereocenters. The number of ether oxygens (including phenoxy) is 1. The van der Waals surface area contributed by atoms with Crippen LogP contribution in [0, 0.1) is 0 Å². The molecule has 4 rings (SSSR count). The second-order valence-corrected chi connectivity index (χ2v) is 7.58. The highest BCUT2D eigenvalue weighted by atomic mass is 32.2. The first-order valence-corrected chi connectivity index (χ1v) is 10.2. The molecule has 138 valence electrons. The summed E-state index contributed by atoms with van der Waals surface area (Å²) < 4.78 is 5.69. The summed E-state index contributed by atoms with van der Waals surface area (Å²) in [7, 11) is 0. The number of carbonyl (C=O) groups is 1. The van der Waals surface area contributed by atoms with Gasteiger partial charge in [0.05, 0.1) is 17.2 Å². The highest BCUT2D eigenvalue weighted by molar-refractivity contribution is 8.19. The number of carbonyl (C=O) groups excluding carboxylic acids is 1. The van der Waals surface area contributed by atoms with Crippen molar-refractivity contribution in [3.8, 4) is 5.75 Å². The van der Waals surface area contributed by atoms with Crippen molar-refractivity contribution in [2.75, 3.05) is 18.1 Å². The number of hydrogen-bond acceptors (Lipinski definition) is 4. The van der Waals surface area contributed by atoms with Crippen LogP contribution in [0.3, 0.4) is 0 Å². The number of amides is 1. The molecule has 0 spiro atoms. The number of nitrogens with zero attached hydrogens (tertiary/aromatic N) is 2. The number of amidine groups is 1. The van der Waals surface area contributed by atoms with Gasteiger partial charge < -0.3 is 4.74 Å². The van der Waals surface area contributed by atoms with Crippen molar-refractivity contribution in [1.29, 1.82) is 0 Å². The number of aliphatic imine (C=N–C) groups is 1. The minimum absolute atomic E-state index is 0.0185. The van der Waals surface area contributed by atoms with Crippen molar-refractivity contribution >= 4 is 34.6 Å². The maximum atomic E-state index is 13.1. The lowest BCUT2D eigenvalue weighted by Gasteiger charge is -2.17. The molecule has 2 aliphatic heterocycles. The van der Waals surface area contributed by atoms with Crippen LogP contribution in [-0.2, 0) is 11.2 Å². The van der Waals surface area contributed by atoms with E-state index in [4.69, 9.17) is 4.74 Å². The monoisotopic (exact) mass is 378 g/mol. The van der Waals surface area contributed by atoms with Crippen LogP contribution in [-0.4, -0.2) is 24.2 Å². The first-order chi connectivity index (χ1) is 13.3. The van der Waals surface area contributed by atoms with Crippen LogP contribution in [0.1, 0.15) is 30.9 Å². The molecular weight excluding hydrogens is 356 g/mol. The smallest absolute Gasteiger partial charge is 0.271 e. The molecule has 2 heterocycles. The molecule has 0 aromatic heterocycles. The number of rotatable bonds is 4. The van der Waals surface area contributed by atoms with Crippen molar-refractivity contribution in [2.24, 2.45) is 4.99 Å². The topological polar surface area (TPSA) is 41.9 Å². The molecular formula is C22H22N2O2S. The van der Waals surface area contributed by atoms with Crippen LogP contribution in [0.25, 0.3) is 6.08 Å². The summed E-state index contributed by atoms with van der Waals surface area (Å²) in [5, 5.41) is 0.751. The Hall–Kier alpha value is -2.53. The minimum Gasteiger partial charge on any atom is -0.493 e. The third kappa shape index (κ3) is 3.78. The zero-order valence-electron chi connectivity index (χ0n) is 15.4. The summed E-state index contributed by atoms with van der Waals surface area (Å²) >= 11 is 1.45. The Bertz CT molecular complexity index is 906. The first kappa shape index (κ1) is 17.9. The molecule has 0 radical (unpaired) electrons. The van der Waals surface area contributed by atoms with Crippen LogP contribution in [0.15, 0.2) is 58.4 Å². The molecule has 0 N–H and O–H groups in total. The Morgan fingerprint density at radius 1 is 1.22 bits per heavy atom. The van der Waals surface area contributed by atoms with Crippen molar-refractivity contribution in [3.05, 3.63) is 64.6 Å². The van der Waals surface area contributed by atoms with E-state index in [1.807, 2.05) is 48.5 Å². The average Bonchev–Trinajstić information content (AvgIpc) is 3.02. The van der Waals surface area contributed by atoms with Crippen molar-refractivity contribution in [2.45, 2.75) is 26.2 Å². The van der Waals surface area contributed by atoms with Gasteiger partial charge in [-0.15, -0.1) is 0 Å². The average molecular weight is 378 g/mol. The van der Waals surface area contributed by atoms with E-state index in [0.29, 0.717) is 11.4 Å². The van der Waals surface area contributed by atoms with E-state index in [0.717, 1.165) is 48.0 Å². The third-order valence-corrected chi connectivity index (χ3v) is 5.53. The van der Waals surface area contributed by atoms with E-state index < -0.39 is 0 Å². The summed E-state index contributed by atoms with van der Waals surface area (Å²) in [5.41, 5.74) is 3.10. The molecule has 27 heavy (non-hydrogen) atoms. The Kier molecular flexibility index (Phi) is 5.30. The number of anilines is 1. The number of thioether (sulfide) groups is 1. The SMILES string of the molecule is CCC/N=C1\S/C(=C\c2ccc3c(c2)CCCO3)C(=O)N1c1ccccc1. The molecule has 0 aliphatic carbocycles. The summed E-state index contributed by atoms with van der Waals surface area (Å²) in [6.45, 7) is 3.58. The van der Waals surface area contributed by atoms with E-state index in [-0.39, 0.29) is 5.91 Å². The summed E-state index contributed by atoms with van der Waals surface area (Å²) in [6, 6.07) is 15.9. The molecule has 0 bridgehead atoms. The van der Waals surface area contributed by atoms with Gasteiger partial charge in [-0.05, 0) is 72.5 Å². The van der Waals surface area contributed by atoms with E-state index in [1.54, 1.807) is 4.90 Å². The maximum absolute atomic E-state index is 13.1. The lowest BCUT2D eigenvalue weighted by molar-refractivity contribution is -0.113. The zero-order chi connectivity index (χ0) is 18.6. The number of benzene rings is 2. The van der Waals surface area contributed by atoms with Crippen LogP contribution < -0.4 is 9.64 Å². The molecule has 1 saturated heterocycles. The lowest BCUT2D eigenvalue weighted by Crippen LogP contribution is -2.28. The Labute approximate surface area is 163 Å². The van der Waals surface area contributed by atoms with Crippen molar-refractivity contribution in [1.82, 2.24) is 0 Å². The second-order valence-electron chi connectivity index (χ2n) is 6.57. The van der Waals surface area contributed by atoms with E-state index in [2.05, 4.69) is 18.0 Å². The first-order valence-electron chi connectivity index (χ1n) is 9.35. The van der Waals surface area contributed by atoms with Gasteiger partial charge in [0.25, 0.3) is 5.91 Å². The number of hydrogen-bond donors (Lipinski definition) is 0. The van der Waals surface area contributed by atoms with Crippen LogP contribution in [0.5, 0.6) is 5.75 Å². The summed E-state index contributed by atoms with van der Waals surface area (Å²) in [6.07, 6.45) is 4.97. The van der Waals surface area contributed by atoms with Crippen LogP contribution in [0.2, 0.25) is 0 Å². The van der Waals surface area contributed by atoms with Gasteiger partial charge >= 0.3 is 0 Å². The molecule has 5 heteroatoms. The van der Waals surface area contributed by atoms with Gasteiger partial charge in [0.15, 0.2) is 5.17 Å². The molecule has 2 aliphatic rings. The van der Waals surface area contributed by atoms with E-state index in [9.17, 15) is 4.79 Å². The fraction of sp³-hybridized carbons (Fsp3) is 0.273. The van der Waals surface area contributed by atoms with Gasteiger partial charge in [-0.3, -0.25) is 14.7 Å². The second kappa shape index (κ2) is 8.01. The van der Waals surface area contributed by atoms with Gasteiger partial charge in [0.2, 0.25) is 0 Å². The minimum atomic E-state index is -0.0185. The molecule has 4 nitrogen and oxygen atoms in total. The quantitative estimate of drug-likeness (QED) is 0.711.